The molecule has 0 aliphatic rings. The maximum atomic E-state index is 13.2. The second-order valence-corrected chi connectivity index (χ2v) is 3.51. The van der Waals surface area contributed by atoms with E-state index in [0.29, 0.717) is 6.42 Å². The van der Waals surface area contributed by atoms with Crippen molar-refractivity contribution in [3.05, 3.63) is 35.1 Å². The van der Waals surface area contributed by atoms with Gasteiger partial charge in [0.15, 0.2) is 11.6 Å². The lowest BCUT2D eigenvalue weighted by atomic mass is 10.0. The van der Waals surface area contributed by atoms with Crippen molar-refractivity contribution in [1.82, 2.24) is 0 Å². The lowest BCUT2D eigenvalue weighted by molar-refractivity contribution is 0.455. The van der Waals surface area contributed by atoms with Gasteiger partial charge in [0.25, 0.3) is 0 Å². The molecule has 0 aliphatic carbocycles. The molecule has 1 aromatic rings. The zero-order valence-electron chi connectivity index (χ0n) is 8.97. The molecule has 0 radical (unpaired) electrons. The Kier molecular flexibility index (Phi) is 6.45. The molecule has 0 heterocycles. The molecule has 0 fully saturated rings. The van der Waals surface area contributed by atoms with Crippen LogP contribution in [0.3, 0.4) is 0 Å². The number of rotatable bonds is 4. The Bertz CT molecular complexity index is 344. The normalized spacial score (nSPS) is 12.1. The largest absolute Gasteiger partial charge is 0.324 e. The van der Waals surface area contributed by atoms with Crippen LogP contribution in [0.4, 0.5) is 13.2 Å². The van der Waals surface area contributed by atoms with Crippen LogP contribution < -0.4 is 5.73 Å². The molecule has 1 rings (SSSR count). The predicted octanol–water partition coefficient (Wildman–Crippen LogP) is 3.72. The van der Waals surface area contributed by atoms with Crippen molar-refractivity contribution in [3.63, 3.8) is 0 Å². The van der Waals surface area contributed by atoms with E-state index in [9.17, 15) is 13.2 Å². The summed E-state index contributed by atoms with van der Waals surface area (Å²) in [6.45, 7) is 1.95. The highest BCUT2D eigenvalue weighted by Gasteiger charge is 2.19. The first kappa shape index (κ1) is 15.3. The molecule has 0 amide bonds. The monoisotopic (exact) mass is 253 g/mol. The first-order valence-corrected chi connectivity index (χ1v) is 4.96. The molecule has 0 unspecified atom stereocenters. The fraction of sp³-hybridized carbons (Fsp3) is 0.455. The van der Waals surface area contributed by atoms with Gasteiger partial charge < -0.3 is 5.73 Å². The van der Waals surface area contributed by atoms with Crippen molar-refractivity contribution in [2.45, 2.75) is 32.2 Å². The summed E-state index contributed by atoms with van der Waals surface area (Å²) in [4.78, 5) is 0. The standard InChI is InChI=1S/C11H14F3N.ClH/c1-2-3-4-9(15)10-7(12)5-6-8(13)11(10)14;/h5-6,9H,2-4,15H2,1H3;1H/t9-;/m1./s1. The van der Waals surface area contributed by atoms with Crippen LogP contribution in [0.5, 0.6) is 0 Å². The third-order valence-electron chi connectivity index (χ3n) is 2.32. The highest BCUT2D eigenvalue weighted by atomic mass is 35.5. The summed E-state index contributed by atoms with van der Waals surface area (Å²) in [7, 11) is 0. The Hall–Kier alpha value is -0.740. The van der Waals surface area contributed by atoms with Gasteiger partial charge in [-0.15, -0.1) is 12.4 Å². The van der Waals surface area contributed by atoms with Gasteiger partial charge in [-0.3, -0.25) is 0 Å². The van der Waals surface area contributed by atoms with E-state index in [0.717, 1.165) is 25.0 Å². The fourth-order valence-corrected chi connectivity index (χ4v) is 1.45. The van der Waals surface area contributed by atoms with Crippen LogP contribution in [0.2, 0.25) is 0 Å². The highest BCUT2D eigenvalue weighted by molar-refractivity contribution is 5.85. The molecule has 0 spiro atoms. The van der Waals surface area contributed by atoms with E-state index in [-0.39, 0.29) is 18.0 Å². The Morgan fingerprint density at radius 1 is 1.19 bits per heavy atom. The number of hydrogen-bond donors (Lipinski definition) is 1. The number of unbranched alkanes of at least 4 members (excludes halogenated alkanes) is 1. The van der Waals surface area contributed by atoms with Gasteiger partial charge in [-0.25, -0.2) is 13.2 Å². The van der Waals surface area contributed by atoms with E-state index in [4.69, 9.17) is 5.73 Å². The summed E-state index contributed by atoms with van der Waals surface area (Å²) < 4.78 is 39.3. The van der Waals surface area contributed by atoms with E-state index in [1.165, 1.54) is 0 Å². The Morgan fingerprint density at radius 3 is 2.31 bits per heavy atom. The summed E-state index contributed by atoms with van der Waals surface area (Å²) in [5.74, 6) is -3.01. The topological polar surface area (TPSA) is 26.0 Å². The summed E-state index contributed by atoms with van der Waals surface area (Å²) in [6.07, 6.45) is 2.09. The quantitative estimate of drug-likeness (QED) is 0.814. The molecule has 1 nitrogen and oxygen atoms in total. The zero-order chi connectivity index (χ0) is 11.4. The average molecular weight is 254 g/mol. The van der Waals surface area contributed by atoms with Crippen molar-refractivity contribution in [1.29, 1.82) is 0 Å². The summed E-state index contributed by atoms with van der Waals surface area (Å²) in [5, 5.41) is 0. The number of nitrogens with two attached hydrogens (primary N) is 1. The SMILES string of the molecule is CCCC[C@@H](N)c1c(F)ccc(F)c1F.Cl. The molecule has 92 valence electrons. The minimum atomic E-state index is -1.17. The van der Waals surface area contributed by atoms with E-state index < -0.39 is 23.5 Å². The van der Waals surface area contributed by atoms with Crippen LogP contribution in [0.25, 0.3) is 0 Å². The molecule has 1 atom stereocenters. The summed E-state index contributed by atoms with van der Waals surface area (Å²) in [5.41, 5.74) is 5.26. The molecular formula is C11H15ClF3N. The highest BCUT2D eigenvalue weighted by Crippen LogP contribution is 2.24. The number of benzene rings is 1. The zero-order valence-corrected chi connectivity index (χ0v) is 9.79. The van der Waals surface area contributed by atoms with Crippen molar-refractivity contribution >= 4 is 12.4 Å². The minimum absolute atomic E-state index is 0. The van der Waals surface area contributed by atoms with Gasteiger partial charge in [-0.1, -0.05) is 19.8 Å². The molecule has 1 aromatic carbocycles. The van der Waals surface area contributed by atoms with Crippen LogP contribution in [0.15, 0.2) is 12.1 Å². The van der Waals surface area contributed by atoms with Crippen LogP contribution in [-0.4, -0.2) is 0 Å². The molecule has 0 aromatic heterocycles. The number of halogens is 4. The molecular weight excluding hydrogens is 239 g/mol. The first-order valence-electron chi connectivity index (χ1n) is 4.96. The molecule has 0 aliphatic heterocycles. The summed E-state index contributed by atoms with van der Waals surface area (Å²) >= 11 is 0. The Labute approximate surface area is 99.2 Å². The second kappa shape index (κ2) is 6.76. The Morgan fingerprint density at radius 2 is 1.75 bits per heavy atom. The number of hydrogen-bond acceptors (Lipinski definition) is 1. The van der Waals surface area contributed by atoms with Crippen molar-refractivity contribution in [3.8, 4) is 0 Å². The van der Waals surface area contributed by atoms with Gasteiger partial charge in [0.1, 0.15) is 5.82 Å². The van der Waals surface area contributed by atoms with E-state index in [2.05, 4.69) is 0 Å². The second-order valence-electron chi connectivity index (χ2n) is 3.51. The maximum Gasteiger partial charge on any atom is 0.166 e. The van der Waals surface area contributed by atoms with Gasteiger partial charge in [-0.2, -0.15) is 0 Å². The smallest absolute Gasteiger partial charge is 0.166 e. The predicted molar refractivity (Wildman–Crippen MR) is 60.0 cm³/mol. The molecule has 0 saturated carbocycles. The molecule has 2 N–H and O–H groups in total. The third-order valence-corrected chi connectivity index (χ3v) is 2.32. The van der Waals surface area contributed by atoms with Crippen LogP contribution in [-0.2, 0) is 0 Å². The van der Waals surface area contributed by atoms with Crippen molar-refractivity contribution < 1.29 is 13.2 Å². The van der Waals surface area contributed by atoms with Crippen LogP contribution >= 0.6 is 12.4 Å². The van der Waals surface area contributed by atoms with Crippen molar-refractivity contribution in [2.24, 2.45) is 5.73 Å². The van der Waals surface area contributed by atoms with Gasteiger partial charge >= 0.3 is 0 Å². The van der Waals surface area contributed by atoms with E-state index in [1.807, 2.05) is 6.92 Å². The van der Waals surface area contributed by atoms with Gasteiger partial charge in [-0.05, 0) is 18.6 Å². The van der Waals surface area contributed by atoms with Gasteiger partial charge in [0.05, 0.1) is 0 Å². The molecule has 0 bridgehead atoms. The minimum Gasteiger partial charge on any atom is -0.324 e. The average Bonchev–Trinajstić information content (AvgIpc) is 2.21. The van der Waals surface area contributed by atoms with Crippen LogP contribution in [0, 0.1) is 17.5 Å². The molecule has 0 saturated heterocycles. The van der Waals surface area contributed by atoms with E-state index in [1.54, 1.807) is 0 Å². The Balaban J connectivity index is 0.00000225. The molecule has 16 heavy (non-hydrogen) atoms. The first-order chi connectivity index (χ1) is 7.07. The fourth-order valence-electron chi connectivity index (χ4n) is 1.45. The van der Waals surface area contributed by atoms with Gasteiger partial charge in [0.2, 0.25) is 0 Å². The lowest BCUT2D eigenvalue weighted by Gasteiger charge is -2.13. The molecule has 5 heteroatoms. The van der Waals surface area contributed by atoms with Gasteiger partial charge in [0, 0.05) is 11.6 Å². The summed E-state index contributed by atoms with van der Waals surface area (Å²) in [6, 6.07) is 0.890. The third kappa shape index (κ3) is 3.39. The lowest BCUT2D eigenvalue weighted by Crippen LogP contribution is -2.15. The van der Waals surface area contributed by atoms with E-state index >= 15 is 0 Å². The van der Waals surface area contributed by atoms with Crippen LogP contribution in [0.1, 0.15) is 37.8 Å². The maximum absolute atomic E-state index is 13.2. The van der Waals surface area contributed by atoms with Crippen molar-refractivity contribution in [2.75, 3.05) is 0 Å².